The van der Waals surface area contributed by atoms with Gasteiger partial charge in [-0.25, -0.2) is 0 Å². The molecule has 1 unspecified atom stereocenters. The van der Waals surface area contributed by atoms with Gasteiger partial charge in [-0.05, 0) is 55.6 Å². The van der Waals surface area contributed by atoms with Crippen LogP contribution in [0.3, 0.4) is 0 Å². The van der Waals surface area contributed by atoms with Crippen molar-refractivity contribution in [3.8, 4) is 11.5 Å². The normalized spacial score (nSPS) is 17.1. The molecule has 1 fully saturated rings. The highest BCUT2D eigenvalue weighted by Crippen LogP contribution is 2.30. The minimum absolute atomic E-state index is 0.457. The van der Waals surface area contributed by atoms with Crippen LogP contribution in [0.1, 0.15) is 36.4 Å². The fourth-order valence-electron chi connectivity index (χ4n) is 3.84. The van der Waals surface area contributed by atoms with Crippen molar-refractivity contribution in [1.82, 2.24) is 9.88 Å². The molecule has 0 bridgehead atoms. The second kappa shape index (κ2) is 11.6. The van der Waals surface area contributed by atoms with Crippen molar-refractivity contribution in [1.29, 1.82) is 0 Å². The minimum Gasteiger partial charge on any atom is -0.497 e. The Morgan fingerprint density at radius 2 is 2.14 bits per heavy atom. The van der Waals surface area contributed by atoms with Crippen molar-refractivity contribution in [2.75, 3.05) is 40.0 Å². The second-order valence-electron chi connectivity index (χ2n) is 7.26. The molecular formula is C24H32N2O3. The molecule has 0 aliphatic carbocycles. The van der Waals surface area contributed by atoms with E-state index in [9.17, 15) is 0 Å². The summed E-state index contributed by atoms with van der Waals surface area (Å²) >= 11 is 0. The molecule has 1 aliphatic heterocycles. The lowest BCUT2D eigenvalue weighted by atomic mass is 9.96. The number of nitrogens with zero attached hydrogens (tertiary/aromatic N) is 2. The highest BCUT2D eigenvalue weighted by atomic mass is 16.5. The molecule has 3 rings (SSSR count). The third-order valence-corrected chi connectivity index (χ3v) is 5.32. The van der Waals surface area contributed by atoms with Crippen molar-refractivity contribution < 1.29 is 14.2 Å². The van der Waals surface area contributed by atoms with Crippen molar-refractivity contribution in [2.24, 2.45) is 0 Å². The van der Waals surface area contributed by atoms with Crippen LogP contribution in [0.15, 0.2) is 55.4 Å². The molecule has 5 heteroatoms. The average molecular weight is 397 g/mol. The number of piperidine rings is 1. The van der Waals surface area contributed by atoms with E-state index in [0.717, 1.165) is 36.6 Å². The Morgan fingerprint density at radius 3 is 2.93 bits per heavy atom. The summed E-state index contributed by atoms with van der Waals surface area (Å²) in [4.78, 5) is 6.81. The number of allylic oxidation sites excluding steroid dienone is 1. The highest BCUT2D eigenvalue weighted by molar-refractivity contribution is 5.41. The molecule has 1 saturated heterocycles. The van der Waals surface area contributed by atoms with Crippen LogP contribution in [-0.2, 0) is 11.2 Å². The first-order valence-corrected chi connectivity index (χ1v) is 10.4. The third kappa shape index (κ3) is 6.31. The van der Waals surface area contributed by atoms with Crippen LogP contribution in [0.5, 0.6) is 11.5 Å². The quantitative estimate of drug-likeness (QED) is 0.415. The van der Waals surface area contributed by atoms with Crippen molar-refractivity contribution in [2.45, 2.75) is 31.7 Å². The molecule has 2 heterocycles. The van der Waals surface area contributed by atoms with Crippen LogP contribution in [0.25, 0.3) is 0 Å². The Labute approximate surface area is 174 Å². The first-order chi connectivity index (χ1) is 14.3. The summed E-state index contributed by atoms with van der Waals surface area (Å²) in [5.74, 6) is 1.69. The van der Waals surface area contributed by atoms with Gasteiger partial charge >= 0.3 is 0 Å². The first-order valence-electron chi connectivity index (χ1n) is 10.4. The lowest BCUT2D eigenvalue weighted by molar-refractivity contribution is 0.0570. The highest BCUT2D eigenvalue weighted by Gasteiger charge is 2.23. The zero-order chi connectivity index (χ0) is 20.3. The largest absolute Gasteiger partial charge is 0.497 e. The standard InChI is InChI=1S/C24H32N2O3/c1-3-7-20-18-22(27-2)10-11-24(20)29-17-16-28-15-14-26-13-5-4-9-23(26)21-8-6-12-25-19-21/h3,6,8,10-12,18-19,23H,1,4-5,7,9,13-17H2,2H3. The van der Waals surface area contributed by atoms with Gasteiger partial charge < -0.3 is 14.2 Å². The van der Waals surface area contributed by atoms with Crippen molar-refractivity contribution in [3.05, 3.63) is 66.5 Å². The van der Waals surface area contributed by atoms with Crippen molar-refractivity contribution in [3.63, 3.8) is 0 Å². The molecule has 0 saturated carbocycles. The van der Waals surface area contributed by atoms with Crippen molar-refractivity contribution >= 4 is 0 Å². The van der Waals surface area contributed by atoms with Crippen LogP contribution in [0.2, 0.25) is 0 Å². The number of rotatable bonds is 11. The summed E-state index contributed by atoms with van der Waals surface area (Å²) < 4.78 is 17.1. The summed E-state index contributed by atoms with van der Waals surface area (Å²) in [6.45, 7) is 7.69. The zero-order valence-electron chi connectivity index (χ0n) is 17.4. The van der Waals surface area contributed by atoms with Crippen LogP contribution in [0.4, 0.5) is 0 Å². The van der Waals surface area contributed by atoms with Crippen LogP contribution in [0, 0.1) is 0 Å². The summed E-state index contributed by atoms with van der Waals surface area (Å²) in [7, 11) is 1.67. The van der Waals surface area contributed by atoms with E-state index in [2.05, 4.69) is 22.5 Å². The molecule has 1 aromatic carbocycles. The van der Waals surface area contributed by atoms with E-state index in [1.54, 1.807) is 7.11 Å². The van der Waals surface area contributed by atoms with E-state index in [0.29, 0.717) is 25.9 Å². The Kier molecular flexibility index (Phi) is 8.53. The van der Waals surface area contributed by atoms with Gasteiger partial charge in [0.2, 0.25) is 0 Å². The first kappa shape index (κ1) is 21.3. The second-order valence-corrected chi connectivity index (χ2v) is 7.26. The molecule has 156 valence electrons. The fraction of sp³-hybridized carbons (Fsp3) is 0.458. The van der Waals surface area contributed by atoms with Gasteiger partial charge in [-0.1, -0.05) is 18.6 Å². The van der Waals surface area contributed by atoms with Gasteiger partial charge in [0.1, 0.15) is 18.1 Å². The monoisotopic (exact) mass is 396 g/mol. The minimum atomic E-state index is 0.457. The molecule has 1 atom stereocenters. The van der Waals surface area contributed by atoms with Gasteiger partial charge in [0.05, 0.1) is 20.3 Å². The number of hydrogen-bond acceptors (Lipinski definition) is 5. The van der Waals surface area contributed by atoms with Gasteiger partial charge in [-0.3, -0.25) is 9.88 Å². The number of ether oxygens (including phenoxy) is 3. The molecule has 1 aromatic heterocycles. The molecular weight excluding hydrogens is 364 g/mol. The van der Waals surface area contributed by atoms with E-state index < -0.39 is 0 Å². The Balaban J connectivity index is 1.41. The Hall–Kier alpha value is -2.37. The topological polar surface area (TPSA) is 43.8 Å². The molecule has 0 radical (unpaired) electrons. The number of methoxy groups -OCH3 is 1. The van der Waals surface area contributed by atoms with Crippen LogP contribution < -0.4 is 9.47 Å². The van der Waals surface area contributed by atoms with Crippen LogP contribution >= 0.6 is 0 Å². The number of pyridine rings is 1. The predicted octanol–water partition coefficient (Wildman–Crippen LogP) is 4.44. The summed E-state index contributed by atoms with van der Waals surface area (Å²) in [6.07, 6.45) is 10.2. The maximum atomic E-state index is 5.92. The summed E-state index contributed by atoms with van der Waals surface area (Å²) in [6, 6.07) is 10.5. The molecule has 29 heavy (non-hydrogen) atoms. The molecule has 0 N–H and O–H groups in total. The molecule has 5 nitrogen and oxygen atoms in total. The molecule has 0 amide bonds. The maximum Gasteiger partial charge on any atom is 0.123 e. The number of likely N-dealkylation sites (tertiary alicyclic amines) is 1. The molecule has 1 aliphatic rings. The fourth-order valence-corrected chi connectivity index (χ4v) is 3.84. The summed E-state index contributed by atoms with van der Waals surface area (Å²) in [5.41, 5.74) is 2.39. The summed E-state index contributed by atoms with van der Waals surface area (Å²) in [5, 5.41) is 0. The van der Waals surface area contributed by atoms with Gasteiger partial charge in [-0.15, -0.1) is 6.58 Å². The third-order valence-electron chi connectivity index (χ3n) is 5.32. The van der Waals surface area contributed by atoms with Gasteiger partial charge in [-0.2, -0.15) is 0 Å². The van der Waals surface area contributed by atoms with E-state index in [1.807, 2.05) is 42.7 Å². The predicted molar refractivity (Wildman–Crippen MR) is 116 cm³/mol. The van der Waals surface area contributed by atoms with E-state index in [1.165, 1.54) is 24.8 Å². The number of hydrogen-bond donors (Lipinski definition) is 0. The van der Waals surface area contributed by atoms with E-state index in [4.69, 9.17) is 14.2 Å². The number of aromatic nitrogens is 1. The van der Waals surface area contributed by atoms with E-state index >= 15 is 0 Å². The van der Waals surface area contributed by atoms with Gasteiger partial charge in [0.25, 0.3) is 0 Å². The molecule has 0 spiro atoms. The number of benzene rings is 1. The molecule has 2 aromatic rings. The Bertz CT molecular complexity index is 751. The van der Waals surface area contributed by atoms with Gasteiger partial charge in [0, 0.05) is 30.5 Å². The van der Waals surface area contributed by atoms with Crippen LogP contribution in [-0.4, -0.2) is 49.9 Å². The smallest absolute Gasteiger partial charge is 0.123 e. The average Bonchev–Trinajstić information content (AvgIpc) is 2.78. The Morgan fingerprint density at radius 1 is 1.21 bits per heavy atom. The van der Waals surface area contributed by atoms with E-state index in [-0.39, 0.29) is 0 Å². The maximum absolute atomic E-state index is 5.92. The lowest BCUT2D eigenvalue weighted by Gasteiger charge is -2.35. The SMILES string of the molecule is C=CCc1cc(OC)ccc1OCCOCCN1CCCCC1c1cccnc1. The zero-order valence-corrected chi connectivity index (χ0v) is 17.4. The lowest BCUT2D eigenvalue weighted by Crippen LogP contribution is -2.36. The van der Waals surface area contributed by atoms with Gasteiger partial charge in [0.15, 0.2) is 0 Å².